The van der Waals surface area contributed by atoms with Gasteiger partial charge in [0.15, 0.2) is 5.13 Å². The Hall–Kier alpha value is -1.89. The molecular weight excluding hydrogens is 298 g/mol. The predicted octanol–water partition coefficient (Wildman–Crippen LogP) is 1.44. The maximum Gasteiger partial charge on any atom is 0.243 e. The molecule has 0 unspecified atom stereocenters. The minimum atomic E-state index is -0.0738. The van der Waals surface area contributed by atoms with Crippen LogP contribution in [-0.2, 0) is 17.8 Å². The zero-order valence-corrected chi connectivity index (χ0v) is 13.1. The fraction of sp³-hybridized carbons (Fsp3) is 0.533. The Bertz CT molecular complexity index is 653. The Morgan fingerprint density at radius 1 is 1.32 bits per heavy atom. The second-order valence-corrected chi connectivity index (χ2v) is 6.78. The van der Waals surface area contributed by atoms with E-state index in [0.29, 0.717) is 0 Å². The quantitative estimate of drug-likeness (QED) is 0.930. The molecule has 7 heteroatoms. The van der Waals surface area contributed by atoms with Crippen LogP contribution >= 0.6 is 11.3 Å². The van der Waals surface area contributed by atoms with Crippen molar-refractivity contribution in [1.82, 2.24) is 19.9 Å². The highest BCUT2D eigenvalue weighted by Crippen LogP contribution is 2.27. The predicted molar refractivity (Wildman–Crippen MR) is 85.0 cm³/mol. The number of anilines is 1. The molecule has 116 valence electrons. The van der Waals surface area contributed by atoms with Crippen LogP contribution in [0.5, 0.6) is 0 Å². The topological polar surface area (TPSA) is 63.1 Å². The van der Waals surface area contributed by atoms with E-state index in [2.05, 4.69) is 24.8 Å². The van der Waals surface area contributed by atoms with Gasteiger partial charge in [-0.2, -0.15) is 0 Å². The maximum absolute atomic E-state index is 12.7. The smallest absolute Gasteiger partial charge is 0.243 e. The zero-order valence-electron chi connectivity index (χ0n) is 12.3. The van der Waals surface area contributed by atoms with Gasteiger partial charge in [0.2, 0.25) is 5.91 Å². The number of carbonyl (C=O) groups is 1. The largest absolute Gasteiger partial charge is 0.350 e. The molecule has 22 heavy (non-hydrogen) atoms. The molecule has 2 aromatic heterocycles. The third kappa shape index (κ3) is 2.49. The summed E-state index contributed by atoms with van der Waals surface area (Å²) in [6, 6.07) is 0.128. The number of aryl methyl sites for hydroxylation is 1. The monoisotopic (exact) mass is 317 g/mol. The molecule has 0 radical (unpaired) electrons. The Morgan fingerprint density at radius 3 is 3.14 bits per heavy atom. The SMILES string of the molecule is O=C(N[C@@H]1CCc2nccn2C1)[C@@H]1CCCN1c1nccs1. The molecule has 2 aromatic rings. The van der Waals surface area contributed by atoms with E-state index in [1.165, 1.54) is 0 Å². The number of amides is 1. The van der Waals surface area contributed by atoms with Crippen LogP contribution < -0.4 is 10.2 Å². The van der Waals surface area contributed by atoms with E-state index in [1.807, 2.05) is 17.8 Å². The number of thiazole rings is 1. The first kappa shape index (κ1) is 13.8. The lowest BCUT2D eigenvalue weighted by molar-refractivity contribution is -0.123. The molecule has 4 heterocycles. The average Bonchev–Trinajstić information content (AvgIpc) is 3.26. The van der Waals surface area contributed by atoms with Gasteiger partial charge in [-0.3, -0.25) is 4.79 Å². The molecule has 1 N–H and O–H groups in total. The second kappa shape index (κ2) is 5.72. The van der Waals surface area contributed by atoms with Crippen LogP contribution in [0.3, 0.4) is 0 Å². The molecular formula is C15H19N5OS. The molecule has 1 amide bonds. The van der Waals surface area contributed by atoms with Crippen LogP contribution in [0.2, 0.25) is 0 Å². The molecule has 0 spiro atoms. The number of imidazole rings is 1. The van der Waals surface area contributed by atoms with E-state index in [4.69, 9.17) is 0 Å². The molecule has 0 bridgehead atoms. The van der Waals surface area contributed by atoms with E-state index in [9.17, 15) is 4.79 Å². The Morgan fingerprint density at radius 2 is 2.27 bits per heavy atom. The lowest BCUT2D eigenvalue weighted by atomic mass is 10.1. The van der Waals surface area contributed by atoms with Crippen molar-refractivity contribution in [3.05, 3.63) is 29.8 Å². The normalized spacial score (nSPS) is 24.3. The first-order valence-electron chi connectivity index (χ1n) is 7.78. The highest BCUT2D eigenvalue weighted by Gasteiger charge is 2.33. The Balaban J connectivity index is 1.42. The third-order valence-corrected chi connectivity index (χ3v) is 5.31. The van der Waals surface area contributed by atoms with Crippen LogP contribution in [-0.4, -0.2) is 39.1 Å². The molecule has 0 saturated carbocycles. The van der Waals surface area contributed by atoms with Crippen LogP contribution in [0.25, 0.3) is 0 Å². The molecule has 2 aliphatic heterocycles. The van der Waals surface area contributed by atoms with E-state index >= 15 is 0 Å². The number of fused-ring (bicyclic) bond motifs is 1. The number of aromatic nitrogens is 3. The summed E-state index contributed by atoms with van der Waals surface area (Å²) in [5, 5.41) is 6.15. The summed E-state index contributed by atoms with van der Waals surface area (Å²) in [6.45, 7) is 1.74. The van der Waals surface area contributed by atoms with Gasteiger partial charge < -0.3 is 14.8 Å². The minimum Gasteiger partial charge on any atom is -0.350 e. The van der Waals surface area contributed by atoms with Gasteiger partial charge in [-0.1, -0.05) is 0 Å². The van der Waals surface area contributed by atoms with Crippen LogP contribution in [0, 0.1) is 0 Å². The lowest BCUT2D eigenvalue weighted by Crippen LogP contribution is -2.49. The Labute approximate surface area is 133 Å². The molecule has 6 nitrogen and oxygen atoms in total. The van der Waals surface area contributed by atoms with Crippen molar-refractivity contribution in [2.75, 3.05) is 11.4 Å². The number of hydrogen-bond acceptors (Lipinski definition) is 5. The van der Waals surface area contributed by atoms with Gasteiger partial charge >= 0.3 is 0 Å². The maximum atomic E-state index is 12.7. The zero-order chi connectivity index (χ0) is 14.9. The molecule has 4 rings (SSSR count). The Kier molecular flexibility index (Phi) is 3.57. The van der Waals surface area contributed by atoms with Crippen molar-refractivity contribution >= 4 is 22.4 Å². The summed E-state index contributed by atoms with van der Waals surface area (Å²) in [5.41, 5.74) is 0. The van der Waals surface area contributed by atoms with Gasteiger partial charge in [-0.25, -0.2) is 9.97 Å². The lowest BCUT2D eigenvalue weighted by Gasteiger charge is -2.28. The standard InChI is InChI=1S/C15H19N5OS/c21-14(12-2-1-7-20(12)15-17-6-9-22-15)18-11-3-4-13-16-5-8-19(13)10-11/h5-6,8-9,11-12H,1-4,7,10H2,(H,18,21)/t11-,12+/m1/s1. The molecule has 0 aliphatic carbocycles. The molecule has 2 aliphatic rings. The van der Waals surface area contributed by atoms with E-state index in [0.717, 1.165) is 49.7 Å². The summed E-state index contributed by atoms with van der Waals surface area (Å²) < 4.78 is 2.14. The molecule has 2 atom stereocenters. The molecule has 1 fully saturated rings. The third-order valence-electron chi connectivity index (χ3n) is 4.50. The van der Waals surface area contributed by atoms with Crippen molar-refractivity contribution in [3.63, 3.8) is 0 Å². The first-order chi connectivity index (χ1) is 10.8. The second-order valence-electron chi connectivity index (χ2n) is 5.91. The minimum absolute atomic E-state index is 0.0738. The highest BCUT2D eigenvalue weighted by atomic mass is 32.1. The summed E-state index contributed by atoms with van der Waals surface area (Å²) >= 11 is 1.60. The van der Waals surface area contributed by atoms with Crippen molar-refractivity contribution in [1.29, 1.82) is 0 Å². The fourth-order valence-electron chi connectivity index (χ4n) is 3.41. The van der Waals surface area contributed by atoms with Crippen molar-refractivity contribution in [2.45, 2.75) is 44.3 Å². The van der Waals surface area contributed by atoms with Crippen LogP contribution in [0.4, 0.5) is 5.13 Å². The number of nitrogens with zero attached hydrogens (tertiary/aromatic N) is 4. The van der Waals surface area contributed by atoms with Crippen molar-refractivity contribution in [2.24, 2.45) is 0 Å². The molecule has 1 saturated heterocycles. The van der Waals surface area contributed by atoms with Crippen molar-refractivity contribution in [3.8, 4) is 0 Å². The number of hydrogen-bond donors (Lipinski definition) is 1. The number of nitrogens with one attached hydrogen (secondary N) is 1. The van der Waals surface area contributed by atoms with E-state index in [1.54, 1.807) is 17.5 Å². The van der Waals surface area contributed by atoms with Crippen molar-refractivity contribution < 1.29 is 4.79 Å². The number of rotatable bonds is 3. The van der Waals surface area contributed by atoms with Gasteiger partial charge in [-0.05, 0) is 19.3 Å². The molecule has 0 aromatic carbocycles. The fourth-order valence-corrected chi connectivity index (χ4v) is 4.13. The van der Waals surface area contributed by atoms with Gasteiger partial charge in [-0.15, -0.1) is 11.3 Å². The van der Waals surface area contributed by atoms with E-state index in [-0.39, 0.29) is 18.0 Å². The van der Waals surface area contributed by atoms with Gasteiger partial charge in [0, 0.05) is 49.5 Å². The number of carbonyl (C=O) groups excluding carboxylic acids is 1. The van der Waals surface area contributed by atoms with Gasteiger partial charge in [0.25, 0.3) is 0 Å². The van der Waals surface area contributed by atoms with E-state index < -0.39 is 0 Å². The van der Waals surface area contributed by atoms with Crippen LogP contribution in [0.15, 0.2) is 24.0 Å². The first-order valence-corrected chi connectivity index (χ1v) is 8.66. The summed E-state index contributed by atoms with van der Waals surface area (Å²) in [7, 11) is 0. The van der Waals surface area contributed by atoms with Gasteiger partial charge in [0.05, 0.1) is 0 Å². The average molecular weight is 317 g/mol. The highest BCUT2D eigenvalue weighted by molar-refractivity contribution is 7.13. The summed E-state index contributed by atoms with van der Waals surface area (Å²) in [4.78, 5) is 23.5. The van der Waals surface area contributed by atoms with Crippen LogP contribution in [0.1, 0.15) is 25.1 Å². The van der Waals surface area contributed by atoms with Gasteiger partial charge in [0.1, 0.15) is 11.9 Å². The summed E-state index contributed by atoms with van der Waals surface area (Å²) in [6.07, 6.45) is 9.48. The summed E-state index contributed by atoms with van der Waals surface area (Å²) in [5.74, 6) is 1.26.